The van der Waals surface area contributed by atoms with E-state index >= 15 is 0 Å². The highest BCUT2D eigenvalue weighted by Crippen LogP contribution is 2.14. The number of piperazine rings is 3. The van der Waals surface area contributed by atoms with Crippen molar-refractivity contribution in [1.82, 2.24) is 35.2 Å². The Morgan fingerprint density at radius 2 is 2.08 bits per heavy atom. The number of hydrogen-bond donors (Lipinski definition) is 2. The monoisotopic (exact) mass is 448 g/mol. The number of nitrogens with zero attached hydrogens (tertiary/aromatic N) is 6. The Morgan fingerprint density at radius 3 is 2.71 bits per heavy atom. The van der Waals surface area contributed by atoms with Crippen LogP contribution in [0.4, 0.5) is 0 Å². The van der Waals surface area contributed by atoms with Crippen LogP contribution in [0.5, 0.6) is 0 Å². The molecule has 0 radical (unpaired) electrons. The maximum absolute atomic E-state index is 4.32. The second-order valence-electron chi connectivity index (χ2n) is 6.16. The van der Waals surface area contributed by atoms with Crippen molar-refractivity contribution in [2.45, 2.75) is 25.9 Å². The number of rotatable bonds is 6. The Bertz CT molecular complexity index is 523. The van der Waals surface area contributed by atoms with Crippen molar-refractivity contribution in [3.63, 3.8) is 0 Å². The van der Waals surface area contributed by atoms with Gasteiger partial charge in [0.05, 0.1) is 0 Å². The Balaban J connectivity index is 0.00000208. The van der Waals surface area contributed by atoms with Crippen molar-refractivity contribution in [2.75, 3.05) is 52.9 Å². The van der Waals surface area contributed by atoms with Crippen LogP contribution in [0.2, 0.25) is 0 Å². The molecule has 1 aromatic heterocycles. The van der Waals surface area contributed by atoms with E-state index < -0.39 is 0 Å². The standard InChI is InChI=1S/C15H28N8.HI/c1-3-14-20-19-12-23(14)5-4-17-15(16-2)18-10-13-11-21-6-8-22(13)9-7-21;/h12-13H,3-11H2,1-2H3,(H2,16,17,18);1H. The van der Waals surface area contributed by atoms with E-state index in [0.717, 1.165) is 37.8 Å². The third-order valence-electron chi connectivity index (χ3n) is 4.78. The van der Waals surface area contributed by atoms with Gasteiger partial charge in [-0.3, -0.25) is 14.8 Å². The average Bonchev–Trinajstić information content (AvgIpc) is 3.06. The predicted octanol–water partition coefficient (Wildman–Crippen LogP) is -0.377. The normalized spacial score (nSPS) is 26.1. The van der Waals surface area contributed by atoms with Crippen molar-refractivity contribution in [3.8, 4) is 0 Å². The minimum Gasteiger partial charge on any atom is -0.355 e. The topological polar surface area (TPSA) is 73.6 Å². The first-order chi connectivity index (χ1) is 11.3. The number of nitrogens with one attached hydrogen (secondary N) is 2. The fraction of sp³-hybridized carbons (Fsp3) is 0.800. The first kappa shape index (κ1) is 19.4. The summed E-state index contributed by atoms with van der Waals surface area (Å²) in [7, 11) is 1.82. The summed E-state index contributed by atoms with van der Waals surface area (Å²) >= 11 is 0. The zero-order valence-corrected chi connectivity index (χ0v) is 16.9. The lowest BCUT2D eigenvalue weighted by molar-refractivity contribution is 0.0154. The van der Waals surface area contributed by atoms with Crippen LogP contribution in [0.25, 0.3) is 0 Å². The highest BCUT2D eigenvalue weighted by atomic mass is 127. The quantitative estimate of drug-likeness (QED) is 0.352. The molecule has 24 heavy (non-hydrogen) atoms. The molecule has 0 aromatic carbocycles. The molecule has 136 valence electrons. The summed E-state index contributed by atoms with van der Waals surface area (Å²) in [6, 6.07) is 0.598. The predicted molar refractivity (Wildman–Crippen MR) is 106 cm³/mol. The van der Waals surface area contributed by atoms with E-state index in [9.17, 15) is 0 Å². The molecule has 0 amide bonds. The molecule has 0 spiro atoms. The largest absolute Gasteiger partial charge is 0.355 e. The number of aryl methyl sites for hydroxylation is 1. The van der Waals surface area contributed by atoms with E-state index in [1.54, 1.807) is 6.33 Å². The zero-order valence-electron chi connectivity index (χ0n) is 14.6. The molecule has 2 N–H and O–H groups in total. The molecule has 8 nitrogen and oxygen atoms in total. The number of aromatic nitrogens is 3. The minimum absolute atomic E-state index is 0. The maximum atomic E-state index is 4.32. The van der Waals surface area contributed by atoms with Gasteiger partial charge in [0.2, 0.25) is 0 Å². The summed E-state index contributed by atoms with van der Waals surface area (Å²) in [6.07, 6.45) is 2.69. The molecule has 3 saturated heterocycles. The van der Waals surface area contributed by atoms with E-state index in [-0.39, 0.29) is 24.0 Å². The summed E-state index contributed by atoms with van der Waals surface area (Å²) < 4.78 is 2.08. The van der Waals surface area contributed by atoms with Crippen LogP contribution in [-0.4, -0.2) is 89.4 Å². The molecule has 1 aromatic rings. The van der Waals surface area contributed by atoms with Gasteiger partial charge in [-0.15, -0.1) is 34.2 Å². The molecule has 4 rings (SSSR count). The lowest BCUT2D eigenvalue weighted by Gasteiger charge is -2.47. The molecule has 1 unspecified atom stereocenters. The Morgan fingerprint density at radius 1 is 1.29 bits per heavy atom. The summed E-state index contributed by atoms with van der Waals surface area (Å²) in [5.41, 5.74) is 0. The molecule has 3 aliphatic heterocycles. The molecular weight excluding hydrogens is 419 g/mol. The number of guanidine groups is 1. The van der Waals surface area contributed by atoms with Crippen molar-refractivity contribution in [3.05, 3.63) is 12.2 Å². The van der Waals surface area contributed by atoms with Gasteiger partial charge in [0.1, 0.15) is 12.2 Å². The third-order valence-corrected chi connectivity index (χ3v) is 4.78. The molecule has 3 fully saturated rings. The Labute approximate surface area is 161 Å². The molecular formula is C15H29IN8. The lowest BCUT2D eigenvalue weighted by Crippen LogP contribution is -2.63. The van der Waals surface area contributed by atoms with Crippen LogP contribution in [0.3, 0.4) is 0 Å². The molecule has 2 bridgehead atoms. The van der Waals surface area contributed by atoms with Gasteiger partial charge in [-0.05, 0) is 0 Å². The van der Waals surface area contributed by atoms with Crippen LogP contribution in [-0.2, 0) is 13.0 Å². The van der Waals surface area contributed by atoms with E-state index in [2.05, 4.69) is 47.1 Å². The minimum atomic E-state index is 0. The van der Waals surface area contributed by atoms with E-state index in [1.807, 2.05) is 7.05 Å². The van der Waals surface area contributed by atoms with Gasteiger partial charge in [-0.2, -0.15) is 0 Å². The smallest absolute Gasteiger partial charge is 0.191 e. The second-order valence-corrected chi connectivity index (χ2v) is 6.16. The van der Waals surface area contributed by atoms with Gasteiger partial charge in [0, 0.05) is 71.9 Å². The molecule has 0 saturated carbocycles. The van der Waals surface area contributed by atoms with Crippen LogP contribution in [0.1, 0.15) is 12.7 Å². The Kier molecular flexibility index (Phi) is 7.69. The highest BCUT2D eigenvalue weighted by molar-refractivity contribution is 14.0. The first-order valence-corrected chi connectivity index (χ1v) is 8.57. The van der Waals surface area contributed by atoms with Crippen LogP contribution in [0.15, 0.2) is 11.3 Å². The summed E-state index contributed by atoms with van der Waals surface area (Å²) in [5.74, 6) is 1.89. The second kappa shape index (κ2) is 9.52. The maximum Gasteiger partial charge on any atom is 0.191 e. The fourth-order valence-corrected chi connectivity index (χ4v) is 3.39. The molecule has 0 aliphatic carbocycles. The lowest BCUT2D eigenvalue weighted by atomic mass is 10.1. The van der Waals surface area contributed by atoms with Crippen molar-refractivity contribution in [2.24, 2.45) is 4.99 Å². The van der Waals surface area contributed by atoms with Gasteiger partial charge in [0.15, 0.2) is 5.96 Å². The summed E-state index contributed by atoms with van der Waals surface area (Å²) in [4.78, 5) is 9.46. The van der Waals surface area contributed by atoms with Crippen LogP contribution in [0, 0.1) is 0 Å². The molecule has 3 aliphatic rings. The first-order valence-electron chi connectivity index (χ1n) is 8.57. The number of aliphatic imine (C=N–C) groups is 1. The molecule has 4 heterocycles. The summed E-state index contributed by atoms with van der Waals surface area (Å²) in [6.45, 7) is 10.7. The van der Waals surface area contributed by atoms with Crippen molar-refractivity contribution >= 4 is 29.9 Å². The number of fused-ring (bicyclic) bond motifs is 3. The van der Waals surface area contributed by atoms with Gasteiger partial charge < -0.3 is 15.2 Å². The molecule has 1 atom stereocenters. The van der Waals surface area contributed by atoms with E-state index in [4.69, 9.17) is 0 Å². The zero-order chi connectivity index (χ0) is 16.1. The Hall–Kier alpha value is -0.940. The van der Waals surface area contributed by atoms with Crippen LogP contribution >= 0.6 is 24.0 Å². The van der Waals surface area contributed by atoms with Crippen molar-refractivity contribution < 1.29 is 0 Å². The van der Waals surface area contributed by atoms with Crippen molar-refractivity contribution in [1.29, 1.82) is 0 Å². The highest BCUT2D eigenvalue weighted by Gasteiger charge is 2.31. The van der Waals surface area contributed by atoms with Gasteiger partial charge in [0.25, 0.3) is 0 Å². The molecule has 9 heteroatoms. The van der Waals surface area contributed by atoms with Gasteiger partial charge in [-0.1, -0.05) is 6.92 Å². The van der Waals surface area contributed by atoms with Gasteiger partial charge in [-0.25, -0.2) is 0 Å². The third kappa shape index (κ3) is 4.79. The summed E-state index contributed by atoms with van der Waals surface area (Å²) in [5, 5.41) is 14.9. The number of hydrogen-bond acceptors (Lipinski definition) is 5. The van der Waals surface area contributed by atoms with E-state index in [0.29, 0.717) is 6.04 Å². The SMILES string of the molecule is CCc1nncn1CCNC(=NC)NCC1CN2CCN1CC2.I. The fourth-order valence-electron chi connectivity index (χ4n) is 3.39. The van der Waals surface area contributed by atoms with Crippen LogP contribution < -0.4 is 10.6 Å². The average molecular weight is 448 g/mol. The number of halogens is 1. The van der Waals surface area contributed by atoms with Gasteiger partial charge >= 0.3 is 0 Å². The van der Waals surface area contributed by atoms with E-state index in [1.165, 1.54) is 32.7 Å².